The summed E-state index contributed by atoms with van der Waals surface area (Å²) in [4.78, 5) is 19.0. The summed E-state index contributed by atoms with van der Waals surface area (Å²) in [5, 5.41) is 4.22. The Hall–Kier alpha value is -3.10. The van der Waals surface area contributed by atoms with Crippen molar-refractivity contribution in [3.63, 3.8) is 0 Å². The van der Waals surface area contributed by atoms with Crippen molar-refractivity contribution >= 4 is 32.8 Å². The van der Waals surface area contributed by atoms with Crippen LogP contribution in [-0.2, 0) is 0 Å². The fourth-order valence-electron chi connectivity index (χ4n) is 3.09. The minimum atomic E-state index is -4.47. The lowest BCUT2D eigenvalue weighted by molar-refractivity contribution is -0.0880. The van der Waals surface area contributed by atoms with Gasteiger partial charge in [0.05, 0.1) is 16.1 Å². The molecule has 4 rings (SSSR count). The van der Waals surface area contributed by atoms with E-state index in [0.717, 1.165) is 16.6 Å². The van der Waals surface area contributed by atoms with Crippen molar-refractivity contribution in [3.05, 3.63) is 78.0 Å². The highest BCUT2D eigenvalue weighted by Crippen LogP contribution is 2.37. The average Bonchev–Trinajstić information content (AvgIpc) is 3.37. The predicted molar refractivity (Wildman–Crippen MR) is 120 cm³/mol. The van der Waals surface area contributed by atoms with E-state index in [1.807, 2.05) is 13.8 Å². The number of aryl methyl sites for hydroxylation is 1. The molecule has 1 aromatic carbocycles. The van der Waals surface area contributed by atoms with Crippen LogP contribution in [0.25, 0.3) is 17.0 Å². The molecule has 33 heavy (non-hydrogen) atoms. The highest BCUT2D eigenvalue weighted by atomic mass is 79.9. The maximum atomic E-state index is 12.8. The van der Waals surface area contributed by atoms with Gasteiger partial charge in [0.15, 0.2) is 5.82 Å². The van der Waals surface area contributed by atoms with Crippen LogP contribution in [0.4, 0.5) is 13.2 Å². The van der Waals surface area contributed by atoms with Crippen molar-refractivity contribution in [1.29, 1.82) is 0 Å². The number of alkyl halides is 3. The van der Waals surface area contributed by atoms with Gasteiger partial charge >= 0.3 is 11.9 Å². The number of nitrogens with zero attached hydrogens (tertiary/aromatic N) is 2. The largest absolute Gasteiger partial charge is 0.485 e. The molecule has 2 aromatic heterocycles. The quantitative estimate of drug-likeness (QED) is 0.374. The van der Waals surface area contributed by atoms with E-state index in [2.05, 4.69) is 47.0 Å². The van der Waals surface area contributed by atoms with Crippen molar-refractivity contribution in [2.75, 3.05) is 0 Å². The van der Waals surface area contributed by atoms with Gasteiger partial charge in [-0.15, -0.1) is 11.3 Å². The molecule has 170 valence electrons. The fourth-order valence-corrected chi connectivity index (χ4v) is 4.80. The van der Waals surface area contributed by atoms with Crippen LogP contribution >= 0.6 is 27.3 Å². The van der Waals surface area contributed by atoms with Crippen LogP contribution in [0.5, 0.6) is 5.75 Å². The molecule has 0 saturated heterocycles. The van der Waals surface area contributed by atoms with Crippen LogP contribution in [0, 0.1) is 6.92 Å². The second-order valence-electron chi connectivity index (χ2n) is 6.98. The first kappa shape index (κ1) is 23.1. The summed E-state index contributed by atoms with van der Waals surface area (Å²) in [6, 6.07) is 5.23. The summed E-state index contributed by atoms with van der Waals surface area (Å²) in [6.45, 7) is 3.79. The third-order valence-electron chi connectivity index (χ3n) is 4.69. The third kappa shape index (κ3) is 4.96. The summed E-state index contributed by atoms with van der Waals surface area (Å²) in [7, 11) is 0. The SMILES string of the molecule is CCC(Oc1ccc(-c2noc(=O)[nH]2)c(Br)c1)c1sc(C2=C=C=C(C(F)(F)F)C=C2)nc1C. The number of ether oxygens (including phenoxy) is 1. The molecule has 1 N–H and O–H groups in total. The lowest BCUT2D eigenvalue weighted by Crippen LogP contribution is -2.09. The van der Waals surface area contributed by atoms with Gasteiger partial charge in [-0.2, -0.15) is 13.2 Å². The van der Waals surface area contributed by atoms with Crippen molar-refractivity contribution in [3.8, 4) is 17.1 Å². The molecule has 0 fully saturated rings. The zero-order chi connectivity index (χ0) is 23.8. The van der Waals surface area contributed by atoms with E-state index in [1.165, 1.54) is 17.4 Å². The molecular formula is C22H15BrF3N3O3S. The summed E-state index contributed by atoms with van der Waals surface area (Å²) >= 11 is 4.79. The molecule has 0 saturated carbocycles. The first-order chi connectivity index (χ1) is 15.7. The molecular weight excluding hydrogens is 523 g/mol. The van der Waals surface area contributed by atoms with E-state index < -0.39 is 17.5 Å². The van der Waals surface area contributed by atoms with Crippen LogP contribution < -0.4 is 10.5 Å². The molecule has 1 aliphatic rings. The zero-order valence-electron chi connectivity index (χ0n) is 17.2. The van der Waals surface area contributed by atoms with Gasteiger partial charge in [0.2, 0.25) is 0 Å². The first-order valence-corrected chi connectivity index (χ1v) is 11.3. The van der Waals surface area contributed by atoms with E-state index in [0.29, 0.717) is 32.8 Å². The molecule has 2 heterocycles. The van der Waals surface area contributed by atoms with Gasteiger partial charge in [-0.1, -0.05) is 23.5 Å². The van der Waals surface area contributed by atoms with Gasteiger partial charge in [-0.25, -0.2) is 9.78 Å². The van der Waals surface area contributed by atoms with Crippen molar-refractivity contribution in [2.45, 2.75) is 32.5 Å². The number of allylic oxidation sites excluding steroid dienone is 4. The van der Waals surface area contributed by atoms with Crippen molar-refractivity contribution < 1.29 is 22.4 Å². The van der Waals surface area contributed by atoms with Crippen LogP contribution in [-0.4, -0.2) is 21.3 Å². The Labute approximate surface area is 197 Å². The zero-order valence-corrected chi connectivity index (χ0v) is 19.6. The Morgan fingerprint density at radius 1 is 1.30 bits per heavy atom. The van der Waals surface area contributed by atoms with E-state index in [9.17, 15) is 18.0 Å². The molecule has 1 aliphatic carbocycles. The molecule has 0 amide bonds. The van der Waals surface area contributed by atoms with E-state index in [1.54, 1.807) is 18.2 Å². The molecule has 0 aliphatic heterocycles. The number of aromatic amines is 1. The Morgan fingerprint density at radius 2 is 2.09 bits per heavy atom. The molecule has 3 aromatic rings. The van der Waals surface area contributed by atoms with Gasteiger partial charge in [0.1, 0.15) is 22.4 Å². The molecule has 0 bridgehead atoms. The molecule has 11 heteroatoms. The predicted octanol–water partition coefficient (Wildman–Crippen LogP) is 6.28. The summed E-state index contributed by atoms with van der Waals surface area (Å²) in [5.74, 6) is 0.215. The highest BCUT2D eigenvalue weighted by molar-refractivity contribution is 9.10. The van der Waals surface area contributed by atoms with E-state index in [-0.39, 0.29) is 11.9 Å². The smallest absolute Gasteiger partial charge is 0.439 e. The number of benzene rings is 1. The van der Waals surface area contributed by atoms with Crippen LogP contribution in [0.1, 0.15) is 35.0 Å². The van der Waals surface area contributed by atoms with Gasteiger partial charge in [0.25, 0.3) is 0 Å². The maximum absolute atomic E-state index is 12.8. The summed E-state index contributed by atoms with van der Waals surface area (Å²) in [6.07, 6.45) is -1.84. The first-order valence-electron chi connectivity index (χ1n) is 9.67. The molecule has 0 spiro atoms. The number of thiazole rings is 1. The standard InChI is InChI=1S/C22H15BrF3N3O3S/c1-3-17(31-14-8-9-15(16(23)10-14)19-28-21(30)32-29-19)18-11(2)27-20(33-18)12-4-6-13(7-5-12)22(24,25)26/h4,6,8-10,17H,3H2,1-2H3,(H,28,29,30). The molecule has 6 nitrogen and oxygen atoms in total. The minimum absolute atomic E-state index is 0.290. The Balaban J connectivity index is 1.60. The summed E-state index contributed by atoms with van der Waals surface area (Å²) < 4.78 is 49.7. The number of rotatable bonds is 6. The topological polar surface area (TPSA) is 81.0 Å². The molecule has 1 atom stereocenters. The van der Waals surface area contributed by atoms with E-state index in [4.69, 9.17) is 4.74 Å². The van der Waals surface area contributed by atoms with Crippen molar-refractivity contribution in [2.24, 2.45) is 0 Å². The van der Waals surface area contributed by atoms with Gasteiger partial charge in [-0.05, 0) is 59.6 Å². The van der Waals surface area contributed by atoms with Crippen molar-refractivity contribution in [1.82, 2.24) is 15.1 Å². The average molecular weight is 538 g/mol. The second-order valence-corrected chi connectivity index (χ2v) is 8.86. The number of halogens is 4. The minimum Gasteiger partial charge on any atom is -0.485 e. The second kappa shape index (κ2) is 9.03. The monoisotopic (exact) mass is 537 g/mol. The highest BCUT2D eigenvalue weighted by Gasteiger charge is 2.32. The van der Waals surface area contributed by atoms with Gasteiger partial charge in [0, 0.05) is 10.0 Å². The maximum Gasteiger partial charge on any atom is 0.439 e. The molecule has 1 unspecified atom stereocenters. The number of aromatic nitrogens is 3. The number of hydrogen-bond donors (Lipinski definition) is 1. The molecule has 0 radical (unpaired) electrons. The van der Waals surface area contributed by atoms with Crippen LogP contribution in [0.2, 0.25) is 0 Å². The van der Waals surface area contributed by atoms with Gasteiger partial charge < -0.3 is 4.74 Å². The third-order valence-corrected chi connectivity index (χ3v) is 6.63. The Bertz CT molecular complexity index is 1400. The Kier molecular flexibility index (Phi) is 6.32. The number of H-pyrrole nitrogens is 1. The lowest BCUT2D eigenvalue weighted by Gasteiger charge is -2.17. The fraction of sp³-hybridized carbons (Fsp3) is 0.227. The van der Waals surface area contributed by atoms with E-state index >= 15 is 0 Å². The number of hydrogen-bond acceptors (Lipinski definition) is 6. The van der Waals surface area contributed by atoms with Gasteiger partial charge in [-0.3, -0.25) is 9.51 Å². The lowest BCUT2D eigenvalue weighted by atomic mass is 10.1. The number of nitrogens with one attached hydrogen (secondary N) is 1. The normalized spacial score (nSPS) is 14.2. The van der Waals surface area contributed by atoms with Crippen LogP contribution in [0.15, 0.2) is 61.2 Å². The Morgan fingerprint density at radius 3 is 2.67 bits per heavy atom. The summed E-state index contributed by atoms with van der Waals surface area (Å²) in [5.41, 5.74) is 5.63. The van der Waals surface area contributed by atoms with Crippen LogP contribution in [0.3, 0.4) is 0 Å².